The topological polar surface area (TPSA) is 36.9 Å². The van der Waals surface area contributed by atoms with Crippen molar-refractivity contribution in [1.29, 1.82) is 0 Å². The Morgan fingerprint density at radius 1 is 0.263 bits per heavy atom. The van der Waals surface area contributed by atoms with Gasteiger partial charge in [-0.25, -0.2) is 0 Å². The van der Waals surface area contributed by atoms with Gasteiger partial charge in [0.2, 0.25) is 0 Å². The van der Waals surface area contributed by atoms with Crippen LogP contribution in [0, 0.1) is 92.7 Å². The van der Waals surface area contributed by atoms with Crippen molar-refractivity contribution >= 4 is 0 Å². The van der Waals surface area contributed by atoms with Gasteiger partial charge in [-0.1, -0.05) is 174 Å². The second-order valence-corrected chi connectivity index (χ2v) is 23.8. The molecule has 0 amide bonds. The van der Waals surface area contributed by atoms with E-state index in [1.54, 1.807) is 0 Å². The average molecular weight is 809 g/mol. The molecule has 0 saturated carbocycles. The Hall–Kier alpha value is -0.160. The van der Waals surface area contributed by atoms with E-state index in [-0.39, 0.29) is 7.43 Å². The summed E-state index contributed by atoms with van der Waals surface area (Å²) in [7, 11) is 0. The summed E-state index contributed by atoms with van der Waals surface area (Å²) in [5.41, 5.74) is 1.58. The summed E-state index contributed by atoms with van der Waals surface area (Å²) < 4.78 is 24.4. The Morgan fingerprint density at radius 2 is 0.386 bits per heavy atom. The van der Waals surface area contributed by atoms with Gasteiger partial charge in [0, 0.05) is 0 Å². The molecule has 0 aromatic rings. The van der Waals surface area contributed by atoms with Gasteiger partial charge in [0.1, 0.15) is 0 Å². The molecule has 4 heteroatoms. The van der Waals surface area contributed by atoms with Crippen molar-refractivity contribution in [3.63, 3.8) is 0 Å². The monoisotopic (exact) mass is 809 g/mol. The Balaban J connectivity index is 0.000000729. The average Bonchev–Trinajstić information content (AvgIpc) is 3.08. The lowest BCUT2D eigenvalue weighted by Gasteiger charge is -2.51. The van der Waals surface area contributed by atoms with Crippen LogP contribution < -0.4 is 0 Å². The van der Waals surface area contributed by atoms with Crippen molar-refractivity contribution in [3.05, 3.63) is 0 Å². The molecule has 0 aromatic carbocycles. The molecule has 0 bridgehead atoms. The van der Waals surface area contributed by atoms with E-state index >= 15 is 0 Å². The molecule has 0 aliphatic carbocycles. The van der Waals surface area contributed by atoms with Crippen molar-refractivity contribution in [2.45, 2.75) is 250 Å². The summed E-state index contributed by atoms with van der Waals surface area (Å²) in [5.74, 6) is 7.67. The van der Waals surface area contributed by atoms with Crippen molar-refractivity contribution in [2.24, 2.45) is 92.7 Å². The second-order valence-electron chi connectivity index (χ2n) is 23.8. The maximum atomic E-state index is 6.11. The Kier molecular flexibility index (Phi) is 21.7. The van der Waals surface area contributed by atoms with Crippen molar-refractivity contribution in [2.75, 3.05) is 0 Å². The highest BCUT2D eigenvalue weighted by Gasteiger charge is 2.49. The summed E-state index contributed by atoms with van der Waals surface area (Å²) >= 11 is 0. The van der Waals surface area contributed by atoms with Crippen LogP contribution in [0.25, 0.3) is 0 Å². The van der Waals surface area contributed by atoms with E-state index in [0.717, 1.165) is 0 Å². The van der Waals surface area contributed by atoms with Gasteiger partial charge in [0.25, 0.3) is 0 Å². The van der Waals surface area contributed by atoms with Gasteiger partial charge in [-0.3, -0.25) is 0 Å². The zero-order valence-electron chi connectivity index (χ0n) is 43.2. The first-order valence-electron chi connectivity index (χ1n) is 23.7. The Morgan fingerprint density at radius 3 is 0.491 bits per heavy atom. The standard InChI is InChI=1S/4C13H26O.CH4/c4*1-8(2)12-10(4)13(6,7)9(3)11(5)14-12;/h4*8-12H,1-7H3;1H4/t2*9-,10+,11-,12+;2*9-,10+,11-,12-;/m1111./s1. The molecule has 4 aliphatic rings. The first-order chi connectivity index (χ1) is 25.1. The molecule has 0 radical (unpaired) electrons. The van der Waals surface area contributed by atoms with E-state index in [0.29, 0.717) is 142 Å². The molecule has 4 heterocycles. The van der Waals surface area contributed by atoms with E-state index < -0.39 is 0 Å². The van der Waals surface area contributed by atoms with Gasteiger partial charge < -0.3 is 18.9 Å². The third-order valence-electron chi connectivity index (χ3n) is 18.3. The number of hydrogen-bond donors (Lipinski definition) is 0. The molecule has 4 fully saturated rings. The summed E-state index contributed by atoms with van der Waals surface area (Å²) in [5, 5.41) is 0. The van der Waals surface area contributed by atoms with E-state index in [9.17, 15) is 0 Å². The Labute approximate surface area is 360 Å². The van der Waals surface area contributed by atoms with Crippen LogP contribution in [0.3, 0.4) is 0 Å². The predicted molar refractivity (Wildman–Crippen MR) is 252 cm³/mol. The number of rotatable bonds is 4. The van der Waals surface area contributed by atoms with Gasteiger partial charge in [-0.05, 0) is 120 Å². The molecule has 344 valence electrons. The molecular weight excluding hydrogens is 701 g/mol. The molecule has 0 unspecified atom stereocenters. The first-order valence-corrected chi connectivity index (χ1v) is 23.7. The van der Waals surface area contributed by atoms with Crippen LogP contribution in [-0.4, -0.2) is 48.8 Å². The largest absolute Gasteiger partial charge is 0.374 e. The van der Waals surface area contributed by atoms with Gasteiger partial charge in [0.05, 0.1) is 48.8 Å². The van der Waals surface area contributed by atoms with Gasteiger partial charge >= 0.3 is 0 Å². The lowest BCUT2D eigenvalue weighted by Crippen LogP contribution is -2.51. The smallest absolute Gasteiger partial charge is 0.0632 e. The highest BCUT2D eigenvalue weighted by molar-refractivity contribution is 4.96. The van der Waals surface area contributed by atoms with Crippen LogP contribution in [-0.2, 0) is 18.9 Å². The highest BCUT2D eigenvalue weighted by Crippen LogP contribution is 2.49. The van der Waals surface area contributed by atoms with Crippen LogP contribution in [0.5, 0.6) is 0 Å². The summed E-state index contributed by atoms with van der Waals surface area (Å²) in [6.07, 6.45) is 3.30. The van der Waals surface area contributed by atoms with Gasteiger partial charge in [-0.2, -0.15) is 0 Å². The zero-order chi connectivity index (χ0) is 44.4. The predicted octanol–water partition coefficient (Wildman–Crippen LogP) is 15.5. The first kappa shape index (κ1) is 56.8. The molecule has 0 aromatic heterocycles. The van der Waals surface area contributed by atoms with Crippen LogP contribution in [0.4, 0.5) is 0 Å². The van der Waals surface area contributed by atoms with Crippen LogP contribution >= 0.6 is 0 Å². The Bertz CT molecular complexity index is 958. The van der Waals surface area contributed by atoms with Crippen molar-refractivity contribution in [3.8, 4) is 0 Å². The molecule has 16 atom stereocenters. The minimum Gasteiger partial charge on any atom is -0.374 e. The SMILES string of the molecule is C.CC(C)[C@@H]1O[C@H](C)[C@@H](C)C(C)(C)[C@H]1C.CC(C)[C@@H]1O[C@H](C)[C@@H](C)C(C)(C)[C@H]1C.CC(C)[C@H]1O[C@H](C)[C@@H](C)C(C)(C)[C@H]1C.CC(C)[C@H]1O[C@H](C)[C@@H](C)C(C)(C)[C@H]1C. The van der Waals surface area contributed by atoms with Gasteiger partial charge in [0.15, 0.2) is 0 Å². The second kappa shape index (κ2) is 21.8. The third kappa shape index (κ3) is 12.9. The summed E-state index contributed by atoms with van der Waals surface area (Å²) in [6.45, 7) is 64.7. The maximum Gasteiger partial charge on any atom is 0.0632 e. The molecule has 0 spiro atoms. The maximum absolute atomic E-state index is 6.11. The lowest BCUT2D eigenvalue weighted by molar-refractivity contribution is -0.174. The molecular formula is C53H108O4. The van der Waals surface area contributed by atoms with Crippen LogP contribution in [0.1, 0.15) is 201 Å². The normalized spacial score (nSPS) is 42.1. The third-order valence-corrected chi connectivity index (χ3v) is 18.3. The molecule has 4 aliphatic heterocycles. The van der Waals surface area contributed by atoms with E-state index in [1.165, 1.54) is 0 Å². The molecule has 4 nitrogen and oxygen atoms in total. The lowest BCUT2D eigenvalue weighted by atomic mass is 9.63. The van der Waals surface area contributed by atoms with Crippen molar-refractivity contribution in [1.82, 2.24) is 0 Å². The van der Waals surface area contributed by atoms with E-state index in [4.69, 9.17) is 18.9 Å². The number of ether oxygens (including phenoxy) is 4. The summed E-state index contributed by atoms with van der Waals surface area (Å²) in [4.78, 5) is 0. The highest BCUT2D eigenvalue weighted by atomic mass is 16.5. The number of hydrogen-bond acceptors (Lipinski definition) is 4. The zero-order valence-corrected chi connectivity index (χ0v) is 43.2. The minimum absolute atomic E-state index is 0. The van der Waals surface area contributed by atoms with Crippen LogP contribution in [0.15, 0.2) is 0 Å². The molecule has 4 saturated heterocycles. The van der Waals surface area contributed by atoms with Crippen molar-refractivity contribution < 1.29 is 18.9 Å². The molecule has 4 rings (SSSR count). The van der Waals surface area contributed by atoms with Gasteiger partial charge in [-0.15, -0.1) is 0 Å². The quantitative estimate of drug-likeness (QED) is 0.283. The molecule has 57 heavy (non-hydrogen) atoms. The van der Waals surface area contributed by atoms with Crippen LogP contribution in [0.2, 0.25) is 0 Å². The van der Waals surface area contributed by atoms with E-state index in [1.807, 2.05) is 0 Å². The fraction of sp³-hybridized carbons (Fsp3) is 1.00. The fourth-order valence-electron chi connectivity index (χ4n) is 10.6. The summed E-state index contributed by atoms with van der Waals surface area (Å²) in [6, 6.07) is 0. The molecule has 0 N–H and O–H groups in total. The minimum atomic E-state index is 0. The van der Waals surface area contributed by atoms with E-state index in [2.05, 4.69) is 194 Å². The fourth-order valence-corrected chi connectivity index (χ4v) is 10.6.